The van der Waals surface area contributed by atoms with Crippen LogP contribution in [0.2, 0.25) is 0 Å². The summed E-state index contributed by atoms with van der Waals surface area (Å²) >= 11 is 0. The Bertz CT molecular complexity index is 243. The molecule has 1 fully saturated rings. The minimum Gasteiger partial charge on any atom is -0.316 e. The minimum absolute atomic E-state index is 0.655. The van der Waals surface area contributed by atoms with Gasteiger partial charge < -0.3 is 5.32 Å². The van der Waals surface area contributed by atoms with Crippen LogP contribution in [-0.2, 0) is 0 Å². The summed E-state index contributed by atoms with van der Waals surface area (Å²) in [5.74, 6) is 1.45. The monoisotopic (exact) mass is 179 g/mol. The van der Waals surface area contributed by atoms with Crippen LogP contribution in [0, 0.1) is 5.92 Å². The Morgan fingerprint density at radius 1 is 1.54 bits per heavy atom. The maximum atomic E-state index is 4.01. The van der Waals surface area contributed by atoms with Crippen molar-refractivity contribution in [3.8, 4) is 0 Å². The van der Waals surface area contributed by atoms with E-state index in [1.54, 1.807) is 0 Å². The molecule has 13 heavy (non-hydrogen) atoms. The van der Waals surface area contributed by atoms with Crippen LogP contribution in [0.25, 0.3) is 0 Å². The van der Waals surface area contributed by atoms with E-state index in [9.17, 15) is 0 Å². The van der Waals surface area contributed by atoms with Crippen LogP contribution in [0.4, 0.5) is 0 Å². The fourth-order valence-electron chi connectivity index (χ4n) is 2.24. The Labute approximate surface area is 78.9 Å². The summed E-state index contributed by atoms with van der Waals surface area (Å²) in [6.07, 6.45) is 4.43. The van der Waals surface area contributed by atoms with Gasteiger partial charge in [-0.3, -0.25) is 5.10 Å². The Kier molecular flexibility index (Phi) is 2.64. The largest absolute Gasteiger partial charge is 0.316 e. The molecule has 0 spiro atoms. The van der Waals surface area contributed by atoms with Gasteiger partial charge in [0.25, 0.3) is 0 Å². The van der Waals surface area contributed by atoms with Gasteiger partial charge in [-0.2, -0.15) is 5.10 Å². The van der Waals surface area contributed by atoms with E-state index in [1.807, 2.05) is 6.20 Å². The summed E-state index contributed by atoms with van der Waals surface area (Å²) in [4.78, 5) is 0. The first-order valence-electron chi connectivity index (χ1n) is 5.11. The van der Waals surface area contributed by atoms with Crippen LogP contribution >= 0.6 is 0 Å². The van der Waals surface area contributed by atoms with Gasteiger partial charge in [0, 0.05) is 24.4 Å². The zero-order valence-corrected chi connectivity index (χ0v) is 8.09. The topological polar surface area (TPSA) is 40.7 Å². The lowest BCUT2D eigenvalue weighted by Crippen LogP contribution is -2.10. The number of rotatable bonds is 3. The van der Waals surface area contributed by atoms with E-state index in [-0.39, 0.29) is 0 Å². The van der Waals surface area contributed by atoms with Gasteiger partial charge in [-0.1, -0.05) is 13.3 Å². The van der Waals surface area contributed by atoms with Crippen LogP contribution < -0.4 is 5.32 Å². The summed E-state index contributed by atoms with van der Waals surface area (Å²) < 4.78 is 0. The molecule has 2 atom stereocenters. The van der Waals surface area contributed by atoms with E-state index >= 15 is 0 Å². The zero-order chi connectivity index (χ0) is 9.10. The zero-order valence-electron chi connectivity index (χ0n) is 8.09. The van der Waals surface area contributed by atoms with Crippen LogP contribution in [0.1, 0.15) is 31.4 Å². The average molecular weight is 179 g/mol. The predicted molar refractivity (Wildman–Crippen MR) is 52.6 cm³/mol. The Morgan fingerprint density at radius 3 is 3.15 bits per heavy atom. The number of nitrogens with zero attached hydrogens (tertiary/aromatic N) is 1. The number of aromatic amines is 1. The van der Waals surface area contributed by atoms with Gasteiger partial charge in [0.15, 0.2) is 0 Å². The number of aromatic nitrogens is 2. The average Bonchev–Trinajstić information content (AvgIpc) is 2.71. The van der Waals surface area contributed by atoms with E-state index in [2.05, 4.69) is 28.5 Å². The first kappa shape index (κ1) is 8.75. The second kappa shape index (κ2) is 3.92. The first-order chi connectivity index (χ1) is 6.42. The van der Waals surface area contributed by atoms with Crippen molar-refractivity contribution in [3.63, 3.8) is 0 Å². The molecule has 2 rings (SSSR count). The molecule has 0 saturated carbocycles. The highest BCUT2D eigenvalue weighted by molar-refractivity contribution is 5.10. The highest BCUT2D eigenvalue weighted by atomic mass is 15.1. The smallest absolute Gasteiger partial charge is 0.0490 e. The van der Waals surface area contributed by atoms with Crippen molar-refractivity contribution < 1.29 is 0 Å². The molecule has 2 heterocycles. The van der Waals surface area contributed by atoms with Crippen molar-refractivity contribution in [3.05, 3.63) is 18.0 Å². The lowest BCUT2D eigenvalue weighted by molar-refractivity contribution is 0.466. The molecule has 1 aliphatic heterocycles. The van der Waals surface area contributed by atoms with Crippen LogP contribution in [0.5, 0.6) is 0 Å². The van der Waals surface area contributed by atoms with Crippen LogP contribution in [0.15, 0.2) is 12.3 Å². The first-order valence-corrected chi connectivity index (χ1v) is 5.11. The standard InChI is InChI=1S/C10H17N3/c1-2-3-8-6-11-7-9(8)10-4-5-12-13-10/h4-5,8-9,11H,2-3,6-7H2,1H3,(H,12,13)/t8-,9+/m1/s1. The third-order valence-electron chi connectivity index (χ3n) is 2.92. The minimum atomic E-state index is 0.655. The summed E-state index contributed by atoms with van der Waals surface area (Å²) in [5.41, 5.74) is 1.29. The molecule has 1 aromatic rings. The molecule has 2 N–H and O–H groups in total. The van der Waals surface area contributed by atoms with Crippen molar-refractivity contribution in [2.75, 3.05) is 13.1 Å². The Balaban J connectivity index is 2.05. The van der Waals surface area contributed by atoms with Gasteiger partial charge in [-0.25, -0.2) is 0 Å². The maximum Gasteiger partial charge on any atom is 0.0490 e. The SMILES string of the molecule is CCC[C@@H]1CNC[C@@H]1c1ccn[nH]1. The fourth-order valence-corrected chi connectivity index (χ4v) is 2.24. The van der Waals surface area contributed by atoms with Gasteiger partial charge in [0.2, 0.25) is 0 Å². The molecule has 0 aliphatic carbocycles. The molecular formula is C10H17N3. The quantitative estimate of drug-likeness (QED) is 0.738. The maximum absolute atomic E-state index is 4.01. The summed E-state index contributed by atoms with van der Waals surface area (Å²) in [6, 6.07) is 2.10. The van der Waals surface area contributed by atoms with E-state index < -0.39 is 0 Å². The number of H-pyrrole nitrogens is 1. The molecule has 3 nitrogen and oxygen atoms in total. The normalized spacial score (nSPS) is 28.1. The van der Waals surface area contributed by atoms with Gasteiger partial charge in [0.05, 0.1) is 0 Å². The van der Waals surface area contributed by atoms with E-state index in [1.165, 1.54) is 18.5 Å². The summed E-state index contributed by atoms with van der Waals surface area (Å²) in [6.45, 7) is 4.52. The van der Waals surface area contributed by atoms with Crippen LogP contribution in [-0.4, -0.2) is 23.3 Å². The molecule has 0 aromatic carbocycles. The Morgan fingerprint density at radius 2 is 2.46 bits per heavy atom. The second-order valence-corrected chi connectivity index (χ2v) is 3.83. The highest BCUT2D eigenvalue weighted by Gasteiger charge is 2.28. The molecule has 1 saturated heterocycles. The van der Waals surface area contributed by atoms with Gasteiger partial charge in [-0.15, -0.1) is 0 Å². The van der Waals surface area contributed by atoms with E-state index in [4.69, 9.17) is 0 Å². The van der Waals surface area contributed by atoms with Crippen LogP contribution in [0.3, 0.4) is 0 Å². The number of hydrogen-bond donors (Lipinski definition) is 2. The van der Waals surface area contributed by atoms with Crippen molar-refractivity contribution in [1.29, 1.82) is 0 Å². The van der Waals surface area contributed by atoms with E-state index in [0.717, 1.165) is 19.0 Å². The molecule has 0 radical (unpaired) electrons. The van der Waals surface area contributed by atoms with Gasteiger partial charge in [-0.05, 0) is 24.9 Å². The predicted octanol–water partition coefficient (Wildman–Crippen LogP) is 1.51. The Hall–Kier alpha value is -0.830. The molecule has 0 bridgehead atoms. The van der Waals surface area contributed by atoms with Gasteiger partial charge in [0.1, 0.15) is 0 Å². The molecule has 0 amide bonds. The molecular weight excluding hydrogens is 162 g/mol. The molecule has 1 aromatic heterocycles. The number of hydrogen-bond acceptors (Lipinski definition) is 2. The number of nitrogens with one attached hydrogen (secondary N) is 2. The van der Waals surface area contributed by atoms with E-state index in [0.29, 0.717) is 5.92 Å². The lowest BCUT2D eigenvalue weighted by Gasteiger charge is -2.15. The van der Waals surface area contributed by atoms with Crippen molar-refractivity contribution in [2.24, 2.45) is 5.92 Å². The van der Waals surface area contributed by atoms with Crippen molar-refractivity contribution in [1.82, 2.24) is 15.5 Å². The summed E-state index contributed by atoms with van der Waals surface area (Å²) in [5, 5.41) is 10.5. The molecule has 0 unspecified atom stereocenters. The lowest BCUT2D eigenvalue weighted by atomic mass is 9.89. The van der Waals surface area contributed by atoms with Crippen molar-refractivity contribution in [2.45, 2.75) is 25.7 Å². The molecule has 72 valence electrons. The molecule has 3 heteroatoms. The second-order valence-electron chi connectivity index (χ2n) is 3.83. The highest BCUT2D eigenvalue weighted by Crippen LogP contribution is 2.29. The van der Waals surface area contributed by atoms with Crippen molar-refractivity contribution >= 4 is 0 Å². The molecule has 1 aliphatic rings. The summed E-state index contributed by atoms with van der Waals surface area (Å²) in [7, 11) is 0. The third kappa shape index (κ3) is 1.75. The fraction of sp³-hybridized carbons (Fsp3) is 0.700. The third-order valence-corrected chi connectivity index (χ3v) is 2.92. The van der Waals surface area contributed by atoms with Gasteiger partial charge >= 0.3 is 0 Å².